The summed E-state index contributed by atoms with van der Waals surface area (Å²) in [7, 11) is 0. The van der Waals surface area contributed by atoms with Gasteiger partial charge in [-0.3, -0.25) is 14.4 Å². The van der Waals surface area contributed by atoms with E-state index in [9.17, 15) is 19.2 Å². The summed E-state index contributed by atoms with van der Waals surface area (Å²) in [4.78, 5) is 52.4. The van der Waals surface area contributed by atoms with Crippen LogP contribution >= 0.6 is 11.3 Å². The average molecular weight is 512 g/mol. The number of carboxylic acid groups (broad SMARTS) is 1. The van der Waals surface area contributed by atoms with E-state index in [1.165, 1.54) is 22.3 Å². The lowest BCUT2D eigenvalue weighted by Crippen LogP contribution is -2.44. The van der Waals surface area contributed by atoms with Gasteiger partial charge in [0.15, 0.2) is 0 Å². The summed E-state index contributed by atoms with van der Waals surface area (Å²) in [6.07, 6.45) is 4.06. The van der Waals surface area contributed by atoms with Gasteiger partial charge in [0.25, 0.3) is 5.56 Å². The zero-order valence-corrected chi connectivity index (χ0v) is 20.9. The Balaban J connectivity index is 1.77. The highest BCUT2D eigenvalue weighted by Gasteiger charge is 2.21. The molecule has 0 radical (unpaired) electrons. The van der Waals surface area contributed by atoms with Crippen molar-refractivity contribution in [1.29, 1.82) is 0 Å². The number of rotatable bonds is 11. The van der Waals surface area contributed by atoms with Gasteiger partial charge in [-0.2, -0.15) is 0 Å². The minimum atomic E-state index is -1.38. The highest BCUT2D eigenvalue weighted by molar-refractivity contribution is 7.18. The molecule has 0 bridgehead atoms. The number of aromatic nitrogens is 2. The molecule has 0 aliphatic heterocycles. The van der Waals surface area contributed by atoms with Crippen molar-refractivity contribution in [2.45, 2.75) is 45.7 Å². The van der Waals surface area contributed by atoms with Crippen LogP contribution in [-0.2, 0) is 22.6 Å². The van der Waals surface area contributed by atoms with Crippen molar-refractivity contribution in [2.75, 3.05) is 5.32 Å². The van der Waals surface area contributed by atoms with Crippen LogP contribution in [0.4, 0.5) is 10.5 Å². The van der Waals surface area contributed by atoms with Gasteiger partial charge in [0, 0.05) is 6.20 Å². The van der Waals surface area contributed by atoms with Crippen molar-refractivity contribution in [3.63, 3.8) is 0 Å². The number of nitrogens with zero attached hydrogens (tertiary/aromatic N) is 2. The Bertz CT molecular complexity index is 1340. The number of nitrogens with two attached hydrogens (primary N) is 1. The van der Waals surface area contributed by atoms with E-state index in [1.807, 2.05) is 12.1 Å². The number of nitrogens with one attached hydrogen (secondary N) is 2. The van der Waals surface area contributed by atoms with Gasteiger partial charge in [-0.25, -0.2) is 9.78 Å². The van der Waals surface area contributed by atoms with Crippen LogP contribution in [0.5, 0.6) is 0 Å². The lowest BCUT2D eigenvalue weighted by Gasteiger charge is -2.16. The van der Waals surface area contributed by atoms with Crippen LogP contribution in [0, 0.1) is 5.92 Å². The first-order chi connectivity index (χ1) is 17.1. The number of amides is 3. The molecule has 190 valence electrons. The number of benzene rings is 1. The molecule has 0 saturated carbocycles. The fourth-order valence-electron chi connectivity index (χ4n) is 3.72. The molecule has 3 rings (SSSR count). The number of hydrogen-bond donors (Lipinski definition) is 4. The Morgan fingerprint density at radius 1 is 1.22 bits per heavy atom. The SMILES string of the molecule is CC(C)Cc1cccc2nc(Cn3cccc(NC(=O)C(CCC=CC(N)=O)NC(=O)O)c3=O)sc12. The molecule has 2 aromatic heterocycles. The smallest absolute Gasteiger partial charge is 0.405 e. The monoisotopic (exact) mass is 511 g/mol. The predicted octanol–water partition coefficient (Wildman–Crippen LogP) is 3.10. The average Bonchev–Trinajstić information content (AvgIpc) is 3.21. The Morgan fingerprint density at radius 3 is 2.69 bits per heavy atom. The quantitative estimate of drug-likeness (QED) is 0.290. The number of carbonyl (C=O) groups is 3. The Labute approximate surface area is 211 Å². The number of hydrogen-bond acceptors (Lipinski definition) is 6. The molecule has 3 amide bonds. The fraction of sp³-hybridized carbons (Fsp3) is 0.320. The molecular formula is C25H29N5O5S. The highest BCUT2D eigenvalue weighted by Crippen LogP contribution is 2.28. The molecule has 11 heteroatoms. The fourth-order valence-corrected chi connectivity index (χ4v) is 4.81. The van der Waals surface area contributed by atoms with E-state index in [0.29, 0.717) is 5.92 Å². The number of allylic oxidation sites excluding steroid dienone is 1. The van der Waals surface area contributed by atoms with Crippen molar-refractivity contribution in [3.05, 3.63) is 69.6 Å². The molecule has 0 saturated heterocycles. The van der Waals surface area contributed by atoms with Crippen LogP contribution in [0.15, 0.2) is 53.5 Å². The Morgan fingerprint density at radius 2 is 2.00 bits per heavy atom. The second-order valence-corrected chi connectivity index (χ2v) is 9.78. The van der Waals surface area contributed by atoms with Gasteiger partial charge in [-0.1, -0.05) is 32.1 Å². The Hall–Kier alpha value is -3.99. The molecule has 5 N–H and O–H groups in total. The number of thiazole rings is 1. The van der Waals surface area contributed by atoms with Crippen LogP contribution in [0.2, 0.25) is 0 Å². The first kappa shape index (κ1) is 26.6. The molecule has 0 aliphatic carbocycles. The van der Waals surface area contributed by atoms with Crippen molar-refractivity contribution >= 4 is 45.1 Å². The van der Waals surface area contributed by atoms with Gasteiger partial charge in [0.2, 0.25) is 11.8 Å². The van der Waals surface area contributed by atoms with Crippen LogP contribution < -0.4 is 21.9 Å². The molecule has 0 fully saturated rings. The van der Waals surface area contributed by atoms with E-state index in [2.05, 4.69) is 35.5 Å². The third-order valence-corrected chi connectivity index (χ3v) is 6.40. The summed E-state index contributed by atoms with van der Waals surface area (Å²) >= 11 is 1.54. The maximum Gasteiger partial charge on any atom is 0.405 e. The molecule has 3 aromatic rings. The predicted molar refractivity (Wildman–Crippen MR) is 139 cm³/mol. The highest BCUT2D eigenvalue weighted by atomic mass is 32.1. The van der Waals surface area contributed by atoms with Crippen molar-refractivity contribution < 1.29 is 19.5 Å². The van der Waals surface area contributed by atoms with Crippen LogP contribution in [0.1, 0.15) is 37.3 Å². The number of pyridine rings is 1. The third kappa shape index (κ3) is 7.25. The zero-order valence-electron chi connectivity index (χ0n) is 20.1. The van der Waals surface area contributed by atoms with Gasteiger partial charge in [0.1, 0.15) is 16.7 Å². The lowest BCUT2D eigenvalue weighted by molar-refractivity contribution is -0.118. The number of fused-ring (bicyclic) bond motifs is 1. The van der Waals surface area contributed by atoms with E-state index < -0.39 is 29.5 Å². The first-order valence-electron chi connectivity index (χ1n) is 11.5. The maximum absolute atomic E-state index is 13.0. The van der Waals surface area contributed by atoms with Gasteiger partial charge in [-0.05, 0) is 55.0 Å². The van der Waals surface area contributed by atoms with Crippen LogP contribution in [0.3, 0.4) is 0 Å². The topological polar surface area (TPSA) is 156 Å². The van der Waals surface area contributed by atoms with E-state index in [0.717, 1.165) is 27.7 Å². The van der Waals surface area contributed by atoms with Crippen LogP contribution in [-0.4, -0.2) is 38.6 Å². The maximum atomic E-state index is 13.0. The lowest BCUT2D eigenvalue weighted by atomic mass is 10.0. The van der Waals surface area contributed by atoms with Crippen molar-refractivity contribution in [2.24, 2.45) is 11.7 Å². The van der Waals surface area contributed by atoms with Crippen LogP contribution in [0.25, 0.3) is 10.2 Å². The standard InChI is InChI=1S/C25H29N5O5S/c1-15(2)13-16-7-5-9-17-22(16)36-21(27-17)14-30-12-6-10-19(24(30)33)28-23(32)18(29-25(34)35)8-3-4-11-20(26)31/h4-7,9-12,15,18,29H,3,8,13-14H2,1-2H3,(H2,26,31)(H,28,32)(H,34,35). The van der Waals surface area contributed by atoms with Gasteiger partial charge in [0.05, 0.1) is 16.8 Å². The second kappa shape index (κ2) is 12.1. The first-order valence-corrected chi connectivity index (χ1v) is 12.3. The number of anilines is 1. The molecular weight excluding hydrogens is 482 g/mol. The van der Waals surface area contributed by atoms with E-state index >= 15 is 0 Å². The third-order valence-electron chi connectivity index (χ3n) is 5.27. The van der Waals surface area contributed by atoms with E-state index in [4.69, 9.17) is 10.8 Å². The second-order valence-electron chi connectivity index (χ2n) is 8.70. The van der Waals surface area contributed by atoms with Gasteiger partial charge < -0.3 is 26.0 Å². The van der Waals surface area contributed by atoms with Crippen molar-refractivity contribution in [1.82, 2.24) is 14.9 Å². The van der Waals surface area contributed by atoms with Gasteiger partial charge >= 0.3 is 6.09 Å². The molecule has 2 heterocycles. The van der Waals surface area contributed by atoms with E-state index in [1.54, 1.807) is 23.6 Å². The molecule has 0 aliphatic rings. The number of carbonyl (C=O) groups excluding carboxylic acids is 2. The van der Waals surface area contributed by atoms with Crippen molar-refractivity contribution in [3.8, 4) is 0 Å². The zero-order chi connectivity index (χ0) is 26.2. The van der Waals surface area contributed by atoms with E-state index in [-0.39, 0.29) is 25.1 Å². The molecule has 0 spiro atoms. The minimum Gasteiger partial charge on any atom is -0.465 e. The Kier molecular flexibility index (Phi) is 8.96. The molecule has 36 heavy (non-hydrogen) atoms. The summed E-state index contributed by atoms with van der Waals surface area (Å²) in [5.74, 6) is -0.822. The normalized spacial score (nSPS) is 12.2. The summed E-state index contributed by atoms with van der Waals surface area (Å²) in [6, 6.07) is 7.99. The molecule has 1 aromatic carbocycles. The minimum absolute atomic E-state index is 0.0222. The summed E-state index contributed by atoms with van der Waals surface area (Å²) in [6.45, 7) is 4.56. The molecule has 10 nitrogen and oxygen atoms in total. The van der Waals surface area contributed by atoms with Gasteiger partial charge in [-0.15, -0.1) is 11.3 Å². The molecule has 1 atom stereocenters. The molecule has 1 unspecified atom stereocenters. The number of primary amides is 1. The summed E-state index contributed by atoms with van der Waals surface area (Å²) in [5.41, 5.74) is 6.73. The summed E-state index contributed by atoms with van der Waals surface area (Å²) in [5, 5.41) is 14.5. The summed E-state index contributed by atoms with van der Waals surface area (Å²) < 4.78 is 2.55. The largest absolute Gasteiger partial charge is 0.465 e.